The fraction of sp³-hybridized carbons (Fsp3) is 0.0857. The highest BCUT2D eigenvalue weighted by molar-refractivity contribution is 6.09. The number of phenolic OH excluding ortho intramolecular Hbond substituents is 1. The maximum Gasteiger partial charge on any atom is 0.141 e. The summed E-state index contributed by atoms with van der Waals surface area (Å²) in [5.41, 5.74) is 6.78. The van der Waals surface area contributed by atoms with Crippen LogP contribution in [-0.4, -0.2) is 19.6 Å². The Bertz CT molecular complexity index is 2000. The molecular formula is C35H27N3O. The fourth-order valence-electron chi connectivity index (χ4n) is 5.58. The van der Waals surface area contributed by atoms with Crippen LogP contribution in [0.15, 0.2) is 121 Å². The molecule has 7 rings (SSSR count). The smallest absolute Gasteiger partial charge is 0.141 e. The first-order chi connectivity index (χ1) is 19.0. The minimum Gasteiger partial charge on any atom is -0.506 e. The summed E-state index contributed by atoms with van der Waals surface area (Å²) in [6, 6.07) is 39.4. The number of nitrogens with zero attached hydrogens (tertiary/aromatic N) is 3. The van der Waals surface area contributed by atoms with E-state index >= 15 is 0 Å². The van der Waals surface area contributed by atoms with Gasteiger partial charge in [-0.15, -0.1) is 0 Å². The summed E-state index contributed by atoms with van der Waals surface area (Å²) in [4.78, 5) is 9.73. The van der Waals surface area contributed by atoms with E-state index in [9.17, 15) is 5.11 Å². The molecule has 0 amide bonds. The van der Waals surface area contributed by atoms with E-state index < -0.39 is 5.41 Å². The van der Waals surface area contributed by atoms with Crippen molar-refractivity contribution < 1.29 is 5.11 Å². The summed E-state index contributed by atoms with van der Waals surface area (Å²) in [7, 11) is 0. The van der Waals surface area contributed by atoms with Gasteiger partial charge < -0.3 is 5.11 Å². The lowest BCUT2D eigenvalue weighted by molar-refractivity contribution is 0.480. The molecule has 3 heterocycles. The predicted molar refractivity (Wildman–Crippen MR) is 160 cm³/mol. The number of aromatic nitrogens is 3. The lowest BCUT2D eigenvalue weighted by Gasteiger charge is -2.25. The molecule has 7 aromatic rings. The van der Waals surface area contributed by atoms with Gasteiger partial charge in [0.05, 0.1) is 16.7 Å². The van der Waals surface area contributed by atoms with Crippen molar-refractivity contribution in [1.29, 1.82) is 0 Å². The molecule has 0 aliphatic heterocycles. The minimum absolute atomic E-state index is 0.199. The van der Waals surface area contributed by atoms with Crippen molar-refractivity contribution in [2.45, 2.75) is 19.3 Å². The topological polar surface area (TPSA) is 50.9 Å². The Morgan fingerprint density at radius 1 is 0.667 bits per heavy atom. The molecule has 0 atom stereocenters. The number of benzene rings is 4. The second kappa shape index (κ2) is 8.81. The molecule has 0 bridgehead atoms. The largest absolute Gasteiger partial charge is 0.506 e. The Morgan fingerprint density at radius 3 is 2.33 bits per heavy atom. The Kier molecular flexibility index (Phi) is 5.24. The van der Waals surface area contributed by atoms with Crippen LogP contribution in [-0.2, 0) is 5.41 Å². The first-order valence-corrected chi connectivity index (χ1v) is 13.2. The van der Waals surface area contributed by atoms with E-state index in [1.54, 1.807) is 6.07 Å². The summed E-state index contributed by atoms with van der Waals surface area (Å²) in [5, 5.41) is 13.7. The Balaban J connectivity index is 1.44. The van der Waals surface area contributed by atoms with Crippen LogP contribution in [0.3, 0.4) is 0 Å². The molecule has 0 aliphatic carbocycles. The van der Waals surface area contributed by atoms with Crippen LogP contribution in [0, 0.1) is 0 Å². The quantitative estimate of drug-likeness (QED) is 0.261. The van der Waals surface area contributed by atoms with E-state index in [2.05, 4.69) is 103 Å². The third kappa shape index (κ3) is 3.76. The summed E-state index contributed by atoms with van der Waals surface area (Å²) in [6.07, 6.45) is 1.89. The molecule has 0 radical (unpaired) electrons. The van der Waals surface area contributed by atoms with Crippen molar-refractivity contribution >= 4 is 32.7 Å². The zero-order valence-electron chi connectivity index (χ0n) is 21.8. The molecule has 0 saturated heterocycles. The molecular weight excluding hydrogens is 478 g/mol. The Labute approximate surface area is 226 Å². The molecule has 4 nitrogen and oxygen atoms in total. The first-order valence-electron chi connectivity index (χ1n) is 13.2. The number of hydrogen-bond donors (Lipinski definition) is 1. The summed E-state index contributed by atoms with van der Waals surface area (Å²) in [5.74, 6) is 1.08. The lowest BCUT2D eigenvalue weighted by atomic mass is 9.80. The summed E-state index contributed by atoms with van der Waals surface area (Å²) < 4.78 is 2.26. The van der Waals surface area contributed by atoms with Crippen LogP contribution in [0.25, 0.3) is 49.7 Å². The van der Waals surface area contributed by atoms with Gasteiger partial charge in [-0.2, -0.15) is 0 Å². The van der Waals surface area contributed by atoms with E-state index in [1.807, 2.05) is 30.5 Å². The number of fused-ring (bicyclic) bond motifs is 4. The van der Waals surface area contributed by atoms with Gasteiger partial charge in [0.1, 0.15) is 17.1 Å². The van der Waals surface area contributed by atoms with E-state index in [-0.39, 0.29) is 5.75 Å². The van der Waals surface area contributed by atoms with Crippen molar-refractivity contribution in [3.05, 3.63) is 133 Å². The van der Waals surface area contributed by atoms with Gasteiger partial charge in [-0.3, -0.25) is 4.57 Å². The molecule has 1 N–H and O–H groups in total. The zero-order chi connectivity index (χ0) is 26.6. The van der Waals surface area contributed by atoms with Crippen molar-refractivity contribution in [2.75, 3.05) is 0 Å². The van der Waals surface area contributed by atoms with E-state index in [1.165, 1.54) is 10.8 Å². The molecule has 0 aliphatic rings. The van der Waals surface area contributed by atoms with Gasteiger partial charge in [0.15, 0.2) is 0 Å². The molecule has 0 saturated carbocycles. The van der Waals surface area contributed by atoms with Gasteiger partial charge in [0.25, 0.3) is 0 Å². The number of hydrogen-bond acceptors (Lipinski definition) is 3. The number of para-hydroxylation sites is 2. The molecule has 0 fully saturated rings. The second-order valence-corrected chi connectivity index (χ2v) is 10.5. The van der Waals surface area contributed by atoms with Gasteiger partial charge in [-0.05, 0) is 53.1 Å². The van der Waals surface area contributed by atoms with Gasteiger partial charge in [-0.1, -0.05) is 92.7 Å². The molecule has 4 heteroatoms. The van der Waals surface area contributed by atoms with Crippen LogP contribution in [0.4, 0.5) is 0 Å². The summed E-state index contributed by atoms with van der Waals surface area (Å²) >= 11 is 0. The molecule has 188 valence electrons. The number of phenols is 1. The average molecular weight is 506 g/mol. The maximum absolute atomic E-state index is 10.4. The average Bonchev–Trinajstić information content (AvgIpc) is 3.31. The van der Waals surface area contributed by atoms with Crippen LogP contribution in [0.1, 0.15) is 25.1 Å². The van der Waals surface area contributed by atoms with Crippen molar-refractivity contribution in [3.8, 4) is 22.7 Å². The number of pyridine rings is 2. The van der Waals surface area contributed by atoms with Crippen LogP contribution in [0.2, 0.25) is 0 Å². The minimum atomic E-state index is -0.398. The monoisotopic (exact) mass is 505 g/mol. The van der Waals surface area contributed by atoms with E-state index in [4.69, 9.17) is 9.97 Å². The van der Waals surface area contributed by atoms with Crippen molar-refractivity contribution in [1.82, 2.24) is 14.5 Å². The van der Waals surface area contributed by atoms with Gasteiger partial charge >= 0.3 is 0 Å². The first kappa shape index (κ1) is 23.2. The molecule has 3 aromatic heterocycles. The molecule has 0 spiro atoms. The normalized spacial score (nSPS) is 11.9. The second-order valence-electron chi connectivity index (χ2n) is 10.5. The highest BCUT2D eigenvalue weighted by Gasteiger charge is 2.27. The van der Waals surface area contributed by atoms with Crippen LogP contribution in [0.5, 0.6) is 5.75 Å². The fourth-order valence-corrected chi connectivity index (χ4v) is 5.58. The molecule has 0 unspecified atom stereocenters. The van der Waals surface area contributed by atoms with Crippen molar-refractivity contribution in [3.63, 3.8) is 0 Å². The third-order valence-corrected chi connectivity index (χ3v) is 7.82. The SMILES string of the molecule is CC(C)(c1ccc2c3ccccc3n(-c3cc(-c4ccccc4)ccn3)c2c1)c1ccc2cccc(O)c2n1. The Morgan fingerprint density at radius 2 is 1.46 bits per heavy atom. The van der Waals surface area contributed by atoms with E-state index in [0.717, 1.165) is 44.6 Å². The zero-order valence-corrected chi connectivity index (χ0v) is 21.8. The molecule has 39 heavy (non-hydrogen) atoms. The highest BCUT2D eigenvalue weighted by atomic mass is 16.3. The highest BCUT2D eigenvalue weighted by Crippen LogP contribution is 2.38. The predicted octanol–water partition coefficient (Wildman–Crippen LogP) is 8.43. The standard InChI is InChI=1S/C35H27N3O/c1-35(2,32-18-15-24-11-8-14-31(39)34(24)37-32)26-16-17-28-27-12-6-7-13-29(27)38(30(28)22-26)33-21-25(19-20-36-33)23-9-4-3-5-10-23/h3-22,39H,1-2H3. The van der Waals surface area contributed by atoms with Gasteiger partial charge in [0.2, 0.25) is 0 Å². The van der Waals surface area contributed by atoms with E-state index in [0.29, 0.717) is 5.52 Å². The van der Waals surface area contributed by atoms with Gasteiger partial charge in [-0.25, -0.2) is 9.97 Å². The lowest BCUT2D eigenvalue weighted by Crippen LogP contribution is -2.20. The van der Waals surface area contributed by atoms with Crippen LogP contribution >= 0.6 is 0 Å². The van der Waals surface area contributed by atoms with Crippen LogP contribution < -0.4 is 0 Å². The molecule has 4 aromatic carbocycles. The maximum atomic E-state index is 10.4. The Hall–Kier alpha value is -4.96. The summed E-state index contributed by atoms with van der Waals surface area (Å²) in [6.45, 7) is 4.37. The van der Waals surface area contributed by atoms with Gasteiger partial charge in [0, 0.05) is 27.8 Å². The third-order valence-electron chi connectivity index (χ3n) is 7.82. The van der Waals surface area contributed by atoms with Crippen molar-refractivity contribution in [2.24, 2.45) is 0 Å². The number of rotatable bonds is 4. The number of aromatic hydroxyl groups is 1.